The first-order valence-electron chi connectivity index (χ1n) is 7.75. The number of rotatable bonds is 5. The van der Waals surface area contributed by atoms with Crippen LogP contribution in [0.5, 0.6) is 5.75 Å². The van der Waals surface area contributed by atoms with Crippen molar-refractivity contribution >= 4 is 56.2 Å². The number of thiocarbonyl (C=S) groups is 1. The van der Waals surface area contributed by atoms with Gasteiger partial charge in [0.05, 0.1) is 17.6 Å². The van der Waals surface area contributed by atoms with Gasteiger partial charge >= 0.3 is 0 Å². The fraction of sp³-hybridized carbons (Fsp3) is 0.353. The predicted octanol–water partition coefficient (Wildman–Crippen LogP) is 3.73. The van der Waals surface area contributed by atoms with Crippen molar-refractivity contribution in [3.05, 3.63) is 33.1 Å². The van der Waals surface area contributed by atoms with Crippen LogP contribution in [0.25, 0.3) is 6.08 Å². The number of carbonyl (C=O) groups is 1. The maximum Gasteiger partial charge on any atom is 0.266 e. The van der Waals surface area contributed by atoms with Crippen LogP contribution < -0.4 is 4.74 Å². The SMILES string of the molecule is N#CCOc1ccc(Br)cc1/C=C1\SC(=S)N(C[C@@H]2CCCO2)C1=O. The van der Waals surface area contributed by atoms with E-state index in [1.165, 1.54) is 11.8 Å². The summed E-state index contributed by atoms with van der Waals surface area (Å²) in [6, 6.07) is 7.38. The minimum atomic E-state index is -0.114. The van der Waals surface area contributed by atoms with Gasteiger partial charge in [-0.15, -0.1) is 0 Å². The summed E-state index contributed by atoms with van der Waals surface area (Å²) in [6.07, 6.45) is 3.79. The Morgan fingerprint density at radius 3 is 3.12 bits per heavy atom. The van der Waals surface area contributed by atoms with E-state index in [4.69, 9.17) is 27.0 Å². The van der Waals surface area contributed by atoms with Gasteiger partial charge < -0.3 is 9.47 Å². The van der Waals surface area contributed by atoms with Gasteiger partial charge in [0.25, 0.3) is 5.91 Å². The zero-order valence-electron chi connectivity index (χ0n) is 13.2. The third-order valence-electron chi connectivity index (χ3n) is 3.83. The van der Waals surface area contributed by atoms with Crippen LogP contribution in [0.4, 0.5) is 0 Å². The lowest BCUT2D eigenvalue weighted by Crippen LogP contribution is -2.35. The molecule has 0 bridgehead atoms. The summed E-state index contributed by atoms with van der Waals surface area (Å²) in [4.78, 5) is 14.9. The maximum absolute atomic E-state index is 12.7. The van der Waals surface area contributed by atoms with Crippen LogP contribution in [0, 0.1) is 11.3 Å². The fourth-order valence-electron chi connectivity index (χ4n) is 2.66. The minimum Gasteiger partial charge on any atom is -0.478 e. The summed E-state index contributed by atoms with van der Waals surface area (Å²) in [6.45, 7) is 1.19. The standard InChI is InChI=1S/C17H15BrN2O3S2/c18-12-3-4-14(23-7-5-19)11(8-12)9-15-16(21)20(17(24)25-15)10-13-2-1-6-22-13/h3-4,8-9,13H,1-2,6-7,10H2/b15-9-/t13-/m0/s1. The van der Waals surface area contributed by atoms with E-state index < -0.39 is 0 Å². The van der Waals surface area contributed by atoms with Crippen LogP contribution in [-0.4, -0.2) is 41.0 Å². The first-order valence-corrected chi connectivity index (χ1v) is 9.76. The van der Waals surface area contributed by atoms with E-state index >= 15 is 0 Å². The molecule has 2 heterocycles. The van der Waals surface area contributed by atoms with Gasteiger partial charge in [0, 0.05) is 16.6 Å². The molecule has 3 rings (SSSR count). The Labute approximate surface area is 164 Å². The molecule has 0 aromatic heterocycles. The molecule has 0 aliphatic carbocycles. The van der Waals surface area contributed by atoms with Gasteiger partial charge in [-0.2, -0.15) is 5.26 Å². The van der Waals surface area contributed by atoms with Crippen molar-refractivity contribution in [1.29, 1.82) is 5.26 Å². The second-order valence-corrected chi connectivity index (χ2v) is 8.15. The highest BCUT2D eigenvalue weighted by atomic mass is 79.9. The molecular weight excluding hydrogens is 424 g/mol. The molecule has 0 radical (unpaired) electrons. The molecule has 1 aromatic rings. The van der Waals surface area contributed by atoms with E-state index in [1.807, 2.05) is 18.2 Å². The molecule has 5 nitrogen and oxygen atoms in total. The average molecular weight is 439 g/mol. The predicted molar refractivity (Wildman–Crippen MR) is 104 cm³/mol. The van der Waals surface area contributed by atoms with Crippen molar-refractivity contribution in [3.63, 3.8) is 0 Å². The normalized spacial score (nSPS) is 21.8. The highest BCUT2D eigenvalue weighted by Gasteiger charge is 2.34. The van der Waals surface area contributed by atoms with Crippen molar-refractivity contribution in [1.82, 2.24) is 4.90 Å². The molecule has 25 heavy (non-hydrogen) atoms. The molecule has 2 aliphatic rings. The number of hydrogen-bond acceptors (Lipinski definition) is 6. The number of benzene rings is 1. The van der Waals surface area contributed by atoms with E-state index in [0.29, 0.717) is 21.5 Å². The van der Waals surface area contributed by atoms with Gasteiger partial charge in [0.15, 0.2) is 6.61 Å². The topological polar surface area (TPSA) is 62.6 Å². The lowest BCUT2D eigenvalue weighted by molar-refractivity contribution is -0.123. The number of nitrogens with zero attached hydrogens (tertiary/aromatic N) is 2. The van der Waals surface area contributed by atoms with Gasteiger partial charge in [0.2, 0.25) is 0 Å². The molecule has 0 saturated carbocycles. The fourth-order valence-corrected chi connectivity index (χ4v) is 4.31. The Bertz CT molecular complexity index is 770. The van der Waals surface area contributed by atoms with E-state index in [1.54, 1.807) is 17.0 Å². The Kier molecular flexibility index (Phi) is 6.12. The van der Waals surface area contributed by atoms with Crippen molar-refractivity contribution in [2.45, 2.75) is 18.9 Å². The largest absolute Gasteiger partial charge is 0.478 e. The zero-order chi connectivity index (χ0) is 17.8. The molecule has 2 saturated heterocycles. The maximum atomic E-state index is 12.7. The van der Waals surface area contributed by atoms with E-state index in [2.05, 4.69) is 15.9 Å². The summed E-state index contributed by atoms with van der Waals surface area (Å²) < 4.78 is 12.4. The molecule has 8 heteroatoms. The molecule has 1 aromatic carbocycles. The van der Waals surface area contributed by atoms with Gasteiger partial charge in [0.1, 0.15) is 16.1 Å². The third-order valence-corrected chi connectivity index (χ3v) is 5.71. The molecule has 2 fully saturated rings. The van der Waals surface area contributed by atoms with Gasteiger partial charge in [-0.25, -0.2) is 0 Å². The first-order chi connectivity index (χ1) is 12.1. The smallest absolute Gasteiger partial charge is 0.266 e. The van der Waals surface area contributed by atoms with E-state index in [-0.39, 0.29) is 18.6 Å². The van der Waals surface area contributed by atoms with Crippen molar-refractivity contribution in [2.24, 2.45) is 0 Å². The van der Waals surface area contributed by atoms with Crippen LogP contribution in [0.15, 0.2) is 27.6 Å². The molecule has 0 spiro atoms. The Morgan fingerprint density at radius 2 is 2.40 bits per heavy atom. The molecule has 1 amide bonds. The van der Waals surface area contributed by atoms with Gasteiger partial charge in [-0.1, -0.05) is 39.9 Å². The van der Waals surface area contributed by atoms with Gasteiger partial charge in [-0.3, -0.25) is 9.69 Å². The first kappa shape index (κ1) is 18.4. The third kappa shape index (κ3) is 4.42. The zero-order valence-corrected chi connectivity index (χ0v) is 16.5. The average Bonchev–Trinajstić information content (AvgIpc) is 3.19. The van der Waals surface area contributed by atoms with Crippen LogP contribution in [0.3, 0.4) is 0 Å². The summed E-state index contributed by atoms with van der Waals surface area (Å²) >= 11 is 10.1. The number of carbonyl (C=O) groups excluding carboxylic acids is 1. The molecule has 1 atom stereocenters. The van der Waals surface area contributed by atoms with Crippen molar-refractivity contribution in [2.75, 3.05) is 19.8 Å². The quantitative estimate of drug-likeness (QED) is 0.515. The van der Waals surface area contributed by atoms with Crippen LogP contribution in [0.2, 0.25) is 0 Å². The number of halogens is 1. The van der Waals surface area contributed by atoms with Crippen LogP contribution >= 0.6 is 39.9 Å². The Morgan fingerprint density at radius 1 is 1.56 bits per heavy atom. The number of amides is 1. The molecule has 0 unspecified atom stereocenters. The van der Waals surface area contributed by atoms with Crippen LogP contribution in [-0.2, 0) is 9.53 Å². The molecular formula is C17H15BrN2O3S2. The van der Waals surface area contributed by atoms with E-state index in [0.717, 1.165) is 29.5 Å². The van der Waals surface area contributed by atoms with Crippen LogP contribution in [0.1, 0.15) is 18.4 Å². The number of thioether (sulfide) groups is 1. The number of hydrogen-bond donors (Lipinski definition) is 0. The number of nitriles is 1. The number of ether oxygens (including phenoxy) is 2. The summed E-state index contributed by atoms with van der Waals surface area (Å²) in [5, 5.41) is 8.71. The molecule has 2 aliphatic heterocycles. The monoisotopic (exact) mass is 438 g/mol. The summed E-state index contributed by atoms with van der Waals surface area (Å²) in [5.41, 5.74) is 0.724. The molecule has 130 valence electrons. The highest BCUT2D eigenvalue weighted by Crippen LogP contribution is 2.35. The second-order valence-electron chi connectivity index (χ2n) is 5.56. The van der Waals surface area contributed by atoms with Gasteiger partial charge in [-0.05, 0) is 37.1 Å². The van der Waals surface area contributed by atoms with E-state index in [9.17, 15) is 4.79 Å². The summed E-state index contributed by atoms with van der Waals surface area (Å²) in [7, 11) is 0. The highest BCUT2D eigenvalue weighted by molar-refractivity contribution is 9.10. The second kappa shape index (κ2) is 8.32. The summed E-state index contributed by atoms with van der Waals surface area (Å²) in [5.74, 6) is 0.436. The lowest BCUT2D eigenvalue weighted by Gasteiger charge is -2.18. The Balaban J connectivity index is 1.81. The minimum absolute atomic E-state index is 0.0531. The molecule has 0 N–H and O–H groups in total. The lowest BCUT2D eigenvalue weighted by atomic mass is 10.2. The van der Waals surface area contributed by atoms with Crippen molar-refractivity contribution < 1.29 is 14.3 Å². The van der Waals surface area contributed by atoms with Crippen molar-refractivity contribution in [3.8, 4) is 11.8 Å². The Hall–Kier alpha value is -1.40.